The van der Waals surface area contributed by atoms with Crippen LogP contribution < -0.4 is 10.1 Å². The van der Waals surface area contributed by atoms with Crippen LogP contribution in [0.5, 0.6) is 5.75 Å². The Balaban J connectivity index is 1.82. The third-order valence-corrected chi connectivity index (χ3v) is 2.98. The molecule has 0 radical (unpaired) electrons. The molecule has 0 heterocycles. The van der Waals surface area contributed by atoms with Crippen molar-refractivity contribution in [2.24, 2.45) is 0 Å². The number of hydrogen-bond acceptors (Lipinski definition) is 2. The Kier molecular flexibility index (Phi) is 4.62. The van der Waals surface area contributed by atoms with E-state index in [1.54, 1.807) is 7.11 Å². The summed E-state index contributed by atoms with van der Waals surface area (Å²) in [5, 5.41) is 4.16. The summed E-state index contributed by atoms with van der Waals surface area (Å²) in [6, 6.07) is 15.9. The highest BCUT2D eigenvalue weighted by molar-refractivity contribution is 6.30. The molecule has 0 atom stereocenters. The van der Waals surface area contributed by atoms with E-state index in [0.29, 0.717) is 0 Å². The van der Waals surface area contributed by atoms with Gasteiger partial charge in [0.05, 0.1) is 7.11 Å². The lowest BCUT2D eigenvalue weighted by Gasteiger charge is -2.06. The van der Waals surface area contributed by atoms with Gasteiger partial charge < -0.3 is 10.1 Å². The first kappa shape index (κ1) is 12.9. The molecule has 2 aromatic carbocycles. The zero-order valence-electron chi connectivity index (χ0n) is 10.3. The third kappa shape index (κ3) is 3.76. The summed E-state index contributed by atoms with van der Waals surface area (Å²) < 4.78 is 5.12. The van der Waals surface area contributed by atoms with Gasteiger partial charge in [-0.2, -0.15) is 0 Å². The Bertz CT molecular complexity index is 479. The molecule has 0 aliphatic heterocycles. The maximum atomic E-state index is 5.84. The number of rotatable bonds is 5. The van der Waals surface area contributed by atoms with Crippen LogP contribution in [0.3, 0.4) is 0 Å². The molecule has 2 aromatic rings. The van der Waals surface area contributed by atoms with Crippen LogP contribution in [0.4, 0.5) is 0 Å². The van der Waals surface area contributed by atoms with Crippen LogP contribution in [0, 0.1) is 0 Å². The van der Waals surface area contributed by atoms with E-state index in [1.165, 1.54) is 11.1 Å². The fourth-order valence-corrected chi connectivity index (χ4v) is 1.82. The van der Waals surface area contributed by atoms with Gasteiger partial charge in [-0.3, -0.25) is 0 Å². The lowest BCUT2D eigenvalue weighted by Crippen LogP contribution is -2.12. The molecule has 0 unspecified atom stereocenters. The molecule has 94 valence electrons. The predicted octanol–water partition coefficient (Wildman–Crippen LogP) is 3.64. The van der Waals surface area contributed by atoms with E-state index in [9.17, 15) is 0 Å². The van der Waals surface area contributed by atoms with Crippen molar-refractivity contribution < 1.29 is 4.74 Å². The average molecular weight is 262 g/mol. The number of hydrogen-bond donors (Lipinski definition) is 1. The summed E-state index contributed by atoms with van der Waals surface area (Å²) in [5.74, 6) is 0.886. The third-order valence-electron chi connectivity index (χ3n) is 2.73. The first-order valence-corrected chi connectivity index (χ1v) is 6.24. The van der Waals surface area contributed by atoms with E-state index in [-0.39, 0.29) is 0 Å². The maximum Gasteiger partial charge on any atom is 0.118 e. The molecule has 0 saturated carbocycles. The molecule has 0 aliphatic carbocycles. The Hall–Kier alpha value is -1.51. The topological polar surface area (TPSA) is 21.3 Å². The van der Waals surface area contributed by atoms with E-state index in [2.05, 4.69) is 17.4 Å². The second-order valence-corrected chi connectivity index (χ2v) is 4.51. The first-order valence-electron chi connectivity index (χ1n) is 5.86. The van der Waals surface area contributed by atoms with Crippen molar-refractivity contribution in [3.63, 3.8) is 0 Å². The van der Waals surface area contributed by atoms with Crippen molar-refractivity contribution in [1.82, 2.24) is 5.32 Å². The van der Waals surface area contributed by atoms with E-state index in [4.69, 9.17) is 16.3 Å². The van der Waals surface area contributed by atoms with Crippen LogP contribution >= 0.6 is 11.6 Å². The zero-order chi connectivity index (χ0) is 12.8. The lowest BCUT2D eigenvalue weighted by atomic mass is 10.2. The van der Waals surface area contributed by atoms with E-state index in [0.717, 1.165) is 23.9 Å². The van der Waals surface area contributed by atoms with Crippen LogP contribution in [0.1, 0.15) is 11.1 Å². The van der Waals surface area contributed by atoms with Gasteiger partial charge in [0.15, 0.2) is 0 Å². The minimum Gasteiger partial charge on any atom is -0.497 e. The van der Waals surface area contributed by atoms with Crippen molar-refractivity contribution >= 4 is 11.6 Å². The minimum atomic E-state index is 0.772. The van der Waals surface area contributed by atoms with Crippen LogP contribution in [0.25, 0.3) is 0 Å². The minimum absolute atomic E-state index is 0.772. The summed E-state index contributed by atoms with van der Waals surface area (Å²) >= 11 is 5.84. The molecular weight excluding hydrogens is 246 g/mol. The summed E-state index contributed by atoms with van der Waals surface area (Å²) in [6.45, 7) is 1.68. The molecular formula is C15H16ClNO. The summed E-state index contributed by atoms with van der Waals surface area (Å²) in [7, 11) is 1.67. The van der Waals surface area contributed by atoms with Crippen molar-refractivity contribution in [3.05, 3.63) is 64.7 Å². The largest absolute Gasteiger partial charge is 0.497 e. The summed E-state index contributed by atoms with van der Waals surface area (Å²) in [6.07, 6.45) is 0. The summed E-state index contributed by atoms with van der Waals surface area (Å²) in [5.41, 5.74) is 2.47. The Morgan fingerprint density at radius 1 is 0.889 bits per heavy atom. The highest BCUT2D eigenvalue weighted by atomic mass is 35.5. The molecule has 0 amide bonds. The van der Waals surface area contributed by atoms with Gasteiger partial charge in [-0.1, -0.05) is 35.9 Å². The normalized spacial score (nSPS) is 10.3. The van der Waals surface area contributed by atoms with Gasteiger partial charge in [-0.15, -0.1) is 0 Å². The van der Waals surface area contributed by atoms with E-state index < -0.39 is 0 Å². The smallest absolute Gasteiger partial charge is 0.118 e. The quantitative estimate of drug-likeness (QED) is 0.887. The molecule has 2 nitrogen and oxygen atoms in total. The Labute approximate surface area is 113 Å². The first-order chi connectivity index (χ1) is 8.78. The fourth-order valence-electron chi connectivity index (χ4n) is 1.70. The zero-order valence-corrected chi connectivity index (χ0v) is 11.1. The van der Waals surface area contributed by atoms with Crippen molar-refractivity contribution in [2.75, 3.05) is 7.11 Å². The molecule has 1 N–H and O–H groups in total. The molecule has 0 spiro atoms. The van der Waals surface area contributed by atoms with Crippen molar-refractivity contribution in [3.8, 4) is 5.75 Å². The molecule has 0 saturated heterocycles. The van der Waals surface area contributed by atoms with Crippen molar-refractivity contribution in [2.45, 2.75) is 13.1 Å². The molecule has 3 heteroatoms. The molecule has 0 aliphatic rings. The second kappa shape index (κ2) is 6.43. The number of halogens is 1. The number of nitrogens with one attached hydrogen (secondary N) is 1. The predicted molar refractivity (Wildman–Crippen MR) is 75.0 cm³/mol. The Morgan fingerprint density at radius 2 is 1.39 bits per heavy atom. The second-order valence-electron chi connectivity index (χ2n) is 4.08. The highest BCUT2D eigenvalue weighted by Crippen LogP contribution is 2.12. The molecule has 0 aromatic heterocycles. The van der Waals surface area contributed by atoms with Crippen LogP contribution in [0.2, 0.25) is 5.02 Å². The van der Waals surface area contributed by atoms with E-state index in [1.807, 2.05) is 36.4 Å². The maximum absolute atomic E-state index is 5.84. The van der Waals surface area contributed by atoms with Gasteiger partial charge in [-0.25, -0.2) is 0 Å². The van der Waals surface area contributed by atoms with Gasteiger partial charge in [0, 0.05) is 18.1 Å². The van der Waals surface area contributed by atoms with Crippen LogP contribution in [0.15, 0.2) is 48.5 Å². The fraction of sp³-hybridized carbons (Fsp3) is 0.200. The number of methoxy groups -OCH3 is 1. The van der Waals surface area contributed by atoms with Gasteiger partial charge in [0.25, 0.3) is 0 Å². The van der Waals surface area contributed by atoms with Crippen molar-refractivity contribution in [1.29, 1.82) is 0 Å². The van der Waals surface area contributed by atoms with Gasteiger partial charge in [0.1, 0.15) is 5.75 Å². The van der Waals surface area contributed by atoms with Gasteiger partial charge in [0.2, 0.25) is 0 Å². The Morgan fingerprint density at radius 3 is 1.89 bits per heavy atom. The van der Waals surface area contributed by atoms with Gasteiger partial charge in [-0.05, 0) is 35.4 Å². The standard InChI is InChI=1S/C15H16ClNO/c1-18-15-8-4-13(5-9-15)11-17-10-12-2-6-14(16)7-3-12/h2-9,17H,10-11H2,1H3. The monoisotopic (exact) mass is 261 g/mol. The molecule has 0 fully saturated rings. The van der Waals surface area contributed by atoms with Gasteiger partial charge >= 0.3 is 0 Å². The van der Waals surface area contributed by atoms with E-state index >= 15 is 0 Å². The number of benzene rings is 2. The van der Waals surface area contributed by atoms with Crippen LogP contribution in [-0.4, -0.2) is 7.11 Å². The number of ether oxygens (including phenoxy) is 1. The lowest BCUT2D eigenvalue weighted by molar-refractivity contribution is 0.414. The van der Waals surface area contributed by atoms with Crippen LogP contribution in [-0.2, 0) is 13.1 Å². The SMILES string of the molecule is COc1ccc(CNCc2ccc(Cl)cc2)cc1. The average Bonchev–Trinajstić information content (AvgIpc) is 2.42. The molecule has 2 rings (SSSR count). The summed E-state index contributed by atoms with van der Waals surface area (Å²) in [4.78, 5) is 0. The molecule has 0 bridgehead atoms. The highest BCUT2D eigenvalue weighted by Gasteiger charge is 1.96. The molecule has 18 heavy (non-hydrogen) atoms.